The van der Waals surface area contributed by atoms with Crippen molar-refractivity contribution in [3.8, 4) is 0 Å². The minimum atomic E-state index is -2.29. The van der Waals surface area contributed by atoms with Crippen LogP contribution in [0.2, 0.25) is 0 Å². The number of carbonyl (C=O) groups excluding carboxylic acids is 4. The van der Waals surface area contributed by atoms with Crippen LogP contribution in [-0.2, 0) is 24.0 Å². The van der Waals surface area contributed by atoms with Gasteiger partial charge in [0.2, 0.25) is 0 Å². The third kappa shape index (κ3) is 2.73. The number of carboxylic acids is 1. The van der Waals surface area contributed by atoms with Gasteiger partial charge >= 0.3 is 41.6 Å². The summed E-state index contributed by atoms with van der Waals surface area (Å²) in [5.74, 6) is -3.43. The van der Waals surface area contributed by atoms with Crippen LogP contribution in [0.25, 0.3) is 0 Å². The molecule has 0 saturated carbocycles. The summed E-state index contributed by atoms with van der Waals surface area (Å²) in [6, 6.07) is -2.09. The van der Waals surface area contributed by atoms with Gasteiger partial charge in [-0.3, -0.25) is 14.4 Å². The standard InChI is InChI=1S/C9H11N3O7.Na/c10-8(17)11-4-3-18-12(6(4)14)9(7(15)16)2-1-5(13)19-9;/h4H,1-3H2,(H,15,16)(H3,10,11,17);/q;+1/p-1/t4-,9?;/m0./s1. The number of hydroxylamine groups is 2. The number of nitrogens with two attached hydrogens (primary N) is 1. The molecule has 0 spiro atoms. The molecular weight excluding hydrogens is 285 g/mol. The van der Waals surface area contributed by atoms with Crippen molar-refractivity contribution in [3.63, 3.8) is 0 Å². The van der Waals surface area contributed by atoms with Gasteiger partial charge in [-0.25, -0.2) is 4.79 Å². The van der Waals surface area contributed by atoms with Gasteiger partial charge in [0.25, 0.3) is 11.6 Å². The van der Waals surface area contributed by atoms with Gasteiger partial charge in [0.15, 0.2) is 0 Å². The molecule has 104 valence electrons. The van der Waals surface area contributed by atoms with E-state index in [9.17, 15) is 24.3 Å². The molecule has 11 heteroatoms. The van der Waals surface area contributed by atoms with E-state index in [0.717, 1.165) is 0 Å². The van der Waals surface area contributed by atoms with Crippen molar-refractivity contribution in [1.82, 2.24) is 10.4 Å². The molecule has 2 heterocycles. The summed E-state index contributed by atoms with van der Waals surface area (Å²) < 4.78 is 4.65. The number of aliphatic carboxylic acids is 1. The van der Waals surface area contributed by atoms with Gasteiger partial charge in [-0.2, -0.15) is 5.06 Å². The second-order valence-corrected chi connectivity index (χ2v) is 4.04. The van der Waals surface area contributed by atoms with Crippen LogP contribution in [0.4, 0.5) is 4.79 Å². The number of esters is 1. The number of carboxylic acid groups (broad SMARTS) is 1. The van der Waals surface area contributed by atoms with Crippen molar-refractivity contribution in [2.75, 3.05) is 6.61 Å². The zero-order chi connectivity index (χ0) is 14.2. The van der Waals surface area contributed by atoms with E-state index in [1.165, 1.54) is 0 Å². The largest absolute Gasteiger partial charge is 1.00 e. The van der Waals surface area contributed by atoms with E-state index in [4.69, 9.17) is 10.6 Å². The molecule has 0 bridgehead atoms. The summed E-state index contributed by atoms with van der Waals surface area (Å²) >= 11 is 0. The van der Waals surface area contributed by atoms with Crippen LogP contribution in [0.3, 0.4) is 0 Å². The van der Waals surface area contributed by atoms with Crippen LogP contribution < -0.4 is 45.7 Å². The predicted octanol–water partition coefficient (Wildman–Crippen LogP) is -6.42. The number of hydrogen-bond acceptors (Lipinski definition) is 7. The Morgan fingerprint density at radius 2 is 2.10 bits per heavy atom. The molecule has 20 heavy (non-hydrogen) atoms. The summed E-state index contributed by atoms with van der Waals surface area (Å²) in [7, 11) is 0. The molecule has 0 aliphatic carbocycles. The molecule has 0 aromatic carbocycles. The fourth-order valence-corrected chi connectivity index (χ4v) is 1.91. The molecule has 1 unspecified atom stereocenters. The molecule has 2 aliphatic rings. The van der Waals surface area contributed by atoms with Crippen LogP contribution in [0.15, 0.2) is 0 Å². The number of nitrogens with one attached hydrogen (secondary N) is 1. The summed E-state index contributed by atoms with van der Waals surface area (Å²) in [4.78, 5) is 49.7. The van der Waals surface area contributed by atoms with Crippen molar-refractivity contribution in [3.05, 3.63) is 0 Å². The zero-order valence-corrected chi connectivity index (χ0v) is 12.6. The molecule has 3 N–H and O–H groups in total. The predicted molar refractivity (Wildman–Crippen MR) is 52.4 cm³/mol. The molecule has 0 aromatic heterocycles. The minimum absolute atomic E-state index is 0. The van der Waals surface area contributed by atoms with Crippen molar-refractivity contribution in [1.29, 1.82) is 0 Å². The molecule has 0 aromatic rings. The second-order valence-electron chi connectivity index (χ2n) is 4.04. The molecule has 2 fully saturated rings. The van der Waals surface area contributed by atoms with E-state index >= 15 is 0 Å². The number of carbonyl (C=O) groups is 4. The van der Waals surface area contributed by atoms with Crippen LogP contribution in [-0.4, -0.2) is 47.3 Å². The number of primary amides is 1. The third-order valence-corrected chi connectivity index (χ3v) is 2.78. The van der Waals surface area contributed by atoms with E-state index in [-0.39, 0.29) is 49.0 Å². The molecule has 2 saturated heterocycles. The molecule has 3 amide bonds. The number of ether oxygens (including phenoxy) is 1. The number of cyclic esters (lactones) is 1. The maximum absolute atomic E-state index is 11.9. The van der Waals surface area contributed by atoms with Gasteiger partial charge in [0.1, 0.15) is 18.6 Å². The Morgan fingerprint density at radius 3 is 2.55 bits per heavy atom. The van der Waals surface area contributed by atoms with E-state index in [1.54, 1.807) is 0 Å². The Morgan fingerprint density at radius 1 is 1.45 bits per heavy atom. The molecule has 2 rings (SSSR count). The van der Waals surface area contributed by atoms with Crippen LogP contribution >= 0.6 is 0 Å². The van der Waals surface area contributed by atoms with Crippen LogP contribution in [0.5, 0.6) is 0 Å². The topological polar surface area (TPSA) is 151 Å². The molecule has 2 aliphatic heterocycles. The van der Waals surface area contributed by atoms with Gasteiger partial charge < -0.3 is 25.7 Å². The second kappa shape index (κ2) is 5.95. The summed E-state index contributed by atoms with van der Waals surface area (Å²) in [5, 5.41) is 13.6. The average Bonchev–Trinajstić information content (AvgIpc) is 2.85. The average molecular weight is 295 g/mol. The first kappa shape index (κ1) is 16.7. The minimum Gasteiger partial charge on any atom is -0.544 e. The summed E-state index contributed by atoms with van der Waals surface area (Å²) in [6.45, 7) is -0.311. The molecular formula is C9H10N3NaO7. The SMILES string of the molecule is NC(=O)N[C@H]1CON(C2(C(=O)[O-])CCC(=O)O2)C1=O.[Na+]. The van der Waals surface area contributed by atoms with Gasteiger partial charge in [0.05, 0.1) is 6.42 Å². The van der Waals surface area contributed by atoms with Gasteiger partial charge in [-0.15, -0.1) is 0 Å². The fourth-order valence-electron chi connectivity index (χ4n) is 1.91. The van der Waals surface area contributed by atoms with Crippen molar-refractivity contribution in [2.45, 2.75) is 24.6 Å². The first-order chi connectivity index (χ1) is 8.86. The molecule has 10 nitrogen and oxygen atoms in total. The Balaban J connectivity index is 0.00000200. The maximum Gasteiger partial charge on any atom is 1.00 e. The molecule has 2 atom stereocenters. The first-order valence-corrected chi connectivity index (χ1v) is 5.33. The Hall–Kier alpha value is -1.36. The van der Waals surface area contributed by atoms with Gasteiger partial charge in [-0.05, 0) is 0 Å². The number of nitrogens with zero attached hydrogens (tertiary/aromatic N) is 1. The number of amides is 3. The van der Waals surface area contributed by atoms with E-state index in [2.05, 4.69) is 10.1 Å². The zero-order valence-electron chi connectivity index (χ0n) is 10.6. The van der Waals surface area contributed by atoms with Crippen molar-refractivity contribution in [2.24, 2.45) is 5.73 Å². The smallest absolute Gasteiger partial charge is 0.544 e. The maximum atomic E-state index is 11.9. The monoisotopic (exact) mass is 295 g/mol. The quantitative estimate of drug-likeness (QED) is 0.388. The van der Waals surface area contributed by atoms with Crippen molar-refractivity contribution >= 4 is 23.9 Å². The van der Waals surface area contributed by atoms with Gasteiger partial charge in [-0.1, -0.05) is 0 Å². The Bertz CT molecular complexity index is 470. The number of hydrogen-bond donors (Lipinski definition) is 2. The number of urea groups is 1. The first-order valence-electron chi connectivity index (χ1n) is 5.33. The normalized spacial score (nSPS) is 28.8. The molecule has 0 radical (unpaired) electrons. The van der Waals surface area contributed by atoms with Crippen molar-refractivity contribution < 1.29 is 63.4 Å². The third-order valence-electron chi connectivity index (χ3n) is 2.78. The van der Waals surface area contributed by atoms with E-state index in [1.807, 2.05) is 0 Å². The summed E-state index contributed by atoms with van der Waals surface area (Å²) in [6.07, 6.45) is -0.474. The number of rotatable bonds is 3. The Labute approximate surface area is 134 Å². The van der Waals surface area contributed by atoms with E-state index in [0.29, 0.717) is 5.06 Å². The van der Waals surface area contributed by atoms with E-state index < -0.39 is 35.6 Å². The Kier molecular flexibility index (Phi) is 4.97. The van der Waals surface area contributed by atoms with Crippen LogP contribution in [0.1, 0.15) is 12.8 Å². The summed E-state index contributed by atoms with van der Waals surface area (Å²) in [5.41, 5.74) is 2.57. The van der Waals surface area contributed by atoms with Crippen LogP contribution in [0, 0.1) is 0 Å². The fraction of sp³-hybridized carbons (Fsp3) is 0.556. The van der Waals surface area contributed by atoms with Gasteiger partial charge in [0, 0.05) is 6.42 Å².